The van der Waals surface area contributed by atoms with Crippen LogP contribution in [0.5, 0.6) is 0 Å². The third-order valence-corrected chi connectivity index (χ3v) is 5.16. The van der Waals surface area contributed by atoms with Crippen LogP contribution in [0, 0.1) is 5.82 Å². The molecule has 1 amide bonds. The van der Waals surface area contributed by atoms with Gasteiger partial charge in [0, 0.05) is 0 Å². The maximum atomic E-state index is 14.5. The standard InChI is InChI=1S/C16H21ClF2N2O4S/c1-16(2,23)15(22)21-8-11(18)14(20-26(3,24)25)12(21)7-9-5-4-6-10(17)13(9)19/h4-6,11-12,14,20,23H,7-8H2,1-3H3/t11-,12-,14-/m0/s1. The van der Waals surface area contributed by atoms with E-state index in [-0.39, 0.29) is 17.0 Å². The summed E-state index contributed by atoms with van der Waals surface area (Å²) in [6, 6.07) is 1.99. The molecule has 10 heteroatoms. The van der Waals surface area contributed by atoms with Crippen molar-refractivity contribution >= 4 is 27.5 Å². The molecule has 0 unspecified atom stereocenters. The van der Waals surface area contributed by atoms with Crippen molar-refractivity contribution in [2.75, 3.05) is 12.8 Å². The van der Waals surface area contributed by atoms with Crippen LogP contribution in [-0.2, 0) is 21.2 Å². The highest BCUT2D eigenvalue weighted by molar-refractivity contribution is 7.88. The third-order valence-electron chi connectivity index (χ3n) is 4.17. The minimum absolute atomic E-state index is 0.116. The van der Waals surface area contributed by atoms with Gasteiger partial charge in [-0.1, -0.05) is 23.7 Å². The summed E-state index contributed by atoms with van der Waals surface area (Å²) < 4.78 is 54.2. The number of sulfonamides is 1. The van der Waals surface area contributed by atoms with E-state index in [0.717, 1.165) is 11.2 Å². The van der Waals surface area contributed by atoms with Crippen molar-refractivity contribution in [2.24, 2.45) is 0 Å². The lowest BCUT2D eigenvalue weighted by Gasteiger charge is -2.32. The molecule has 2 N–H and O–H groups in total. The lowest BCUT2D eigenvalue weighted by Crippen LogP contribution is -2.53. The number of benzene rings is 1. The minimum atomic E-state index is -3.78. The zero-order chi connectivity index (χ0) is 19.9. The van der Waals surface area contributed by atoms with Gasteiger partial charge in [-0.2, -0.15) is 0 Å². The van der Waals surface area contributed by atoms with Crippen LogP contribution in [0.25, 0.3) is 0 Å². The highest BCUT2D eigenvalue weighted by Crippen LogP contribution is 2.29. The molecule has 1 heterocycles. The van der Waals surface area contributed by atoms with Crippen LogP contribution in [0.15, 0.2) is 18.2 Å². The molecule has 0 saturated carbocycles. The summed E-state index contributed by atoms with van der Waals surface area (Å²) in [6.45, 7) is 2.08. The molecule has 6 nitrogen and oxygen atoms in total. The Bertz CT molecular complexity index is 798. The first-order valence-corrected chi connectivity index (χ1v) is 10.2. The van der Waals surface area contributed by atoms with Crippen molar-refractivity contribution in [3.63, 3.8) is 0 Å². The fourth-order valence-electron chi connectivity index (χ4n) is 3.02. The van der Waals surface area contributed by atoms with E-state index in [2.05, 4.69) is 4.72 Å². The van der Waals surface area contributed by atoms with E-state index in [1.165, 1.54) is 32.0 Å². The van der Waals surface area contributed by atoms with Crippen LogP contribution in [0.3, 0.4) is 0 Å². The summed E-state index contributed by atoms with van der Waals surface area (Å²) in [5.41, 5.74) is -1.67. The largest absolute Gasteiger partial charge is 0.381 e. The Balaban J connectivity index is 2.43. The van der Waals surface area contributed by atoms with E-state index in [1.807, 2.05) is 0 Å². The molecule has 26 heavy (non-hydrogen) atoms. The van der Waals surface area contributed by atoms with Crippen LogP contribution < -0.4 is 4.72 Å². The lowest BCUT2D eigenvalue weighted by atomic mass is 9.98. The van der Waals surface area contributed by atoms with E-state index >= 15 is 0 Å². The van der Waals surface area contributed by atoms with Gasteiger partial charge in [0.25, 0.3) is 5.91 Å². The maximum Gasteiger partial charge on any atom is 0.254 e. The molecule has 0 aliphatic carbocycles. The molecule has 0 radical (unpaired) electrons. The lowest BCUT2D eigenvalue weighted by molar-refractivity contribution is -0.149. The number of likely N-dealkylation sites (tertiary alicyclic amines) is 1. The predicted molar refractivity (Wildman–Crippen MR) is 93.6 cm³/mol. The van der Waals surface area contributed by atoms with Gasteiger partial charge in [0.1, 0.15) is 17.6 Å². The Morgan fingerprint density at radius 3 is 2.62 bits per heavy atom. The Labute approximate surface area is 156 Å². The fourth-order valence-corrected chi connectivity index (χ4v) is 4.02. The van der Waals surface area contributed by atoms with Crippen LogP contribution >= 0.6 is 11.6 Å². The molecule has 1 fully saturated rings. The molecule has 0 aromatic heterocycles. The average molecular weight is 411 g/mol. The van der Waals surface area contributed by atoms with Gasteiger partial charge >= 0.3 is 0 Å². The van der Waals surface area contributed by atoms with Crippen LogP contribution in [-0.4, -0.2) is 61.0 Å². The van der Waals surface area contributed by atoms with E-state index in [4.69, 9.17) is 11.6 Å². The van der Waals surface area contributed by atoms with Gasteiger partial charge in [-0.25, -0.2) is 21.9 Å². The number of aliphatic hydroxyl groups is 1. The van der Waals surface area contributed by atoms with Crippen LogP contribution in [0.2, 0.25) is 5.02 Å². The number of carbonyl (C=O) groups is 1. The highest BCUT2D eigenvalue weighted by atomic mass is 35.5. The Morgan fingerprint density at radius 1 is 1.46 bits per heavy atom. The monoisotopic (exact) mass is 410 g/mol. The maximum absolute atomic E-state index is 14.5. The third kappa shape index (κ3) is 4.70. The zero-order valence-corrected chi connectivity index (χ0v) is 16.1. The molecular formula is C16H21ClF2N2O4S. The number of hydrogen-bond acceptors (Lipinski definition) is 4. The molecule has 0 spiro atoms. The fraction of sp³-hybridized carbons (Fsp3) is 0.562. The second kappa shape index (κ2) is 7.38. The SMILES string of the molecule is CC(C)(O)C(=O)N1C[C@H](F)[C@H](NS(C)(=O)=O)[C@@H]1Cc1cccc(Cl)c1F. The number of halogens is 3. The molecule has 2 rings (SSSR count). The first-order valence-electron chi connectivity index (χ1n) is 7.89. The molecule has 3 atom stereocenters. The quantitative estimate of drug-likeness (QED) is 0.765. The molecule has 1 aromatic carbocycles. The zero-order valence-electron chi connectivity index (χ0n) is 14.5. The topological polar surface area (TPSA) is 86.7 Å². The van der Waals surface area contributed by atoms with Gasteiger partial charge in [-0.05, 0) is 31.9 Å². The van der Waals surface area contributed by atoms with Crippen molar-refractivity contribution in [1.29, 1.82) is 0 Å². The summed E-state index contributed by atoms with van der Waals surface area (Å²) in [7, 11) is -3.78. The molecule has 1 aliphatic rings. The van der Waals surface area contributed by atoms with Crippen molar-refractivity contribution in [1.82, 2.24) is 9.62 Å². The minimum Gasteiger partial charge on any atom is -0.381 e. The first-order chi connectivity index (χ1) is 11.8. The Kier molecular flexibility index (Phi) is 5.96. The number of rotatable bonds is 5. The van der Waals surface area contributed by atoms with Gasteiger partial charge in [-0.15, -0.1) is 0 Å². The number of nitrogens with zero attached hydrogens (tertiary/aromatic N) is 1. The van der Waals surface area contributed by atoms with Gasteiger partial charge < -0.3 is 10.0 Å². The van der Waals surface area contributed by atoms with E-state index in [0.29, 0.717) is 0 Å². The smallest absolute Gasteiger partial charge is 0.254 e. The number of amides is 1. The Morgan fingerprint density at radius 2 is 2.08 bits per heavy atom. The first kappa shape index (κ1) is 21.0. The van der Waals surface area contributed by atoms with Crippen molar-refractivity contribution in [3.05, 3.63) is 34.6 Å². The molecule has 1 saturated heterocycles. The van der Waals surface area contributed by atoms with Gasteiger partial charge in [0.15, 0.2) is 0 Å². The second-order valence-electron chi connectivity index (χ2n) is 6.93. The molecule has 146 valence electrons. The summed E-state index contributed by atoms with van der Waals surface area (Å²) in [5, 5.41) is 9.85. The van der Waals surface area contributed by atoms with E-state index in [9.17, 15) is 27.1 Å². The van der Waals surface area contributed by atoms with Crippen LogP contribution in [0.4, 0.5) is 8.78 Å². The number of alkyl halides is 1. The van der Waals surface area contributed by atoms with Crippen molar-refractivity contribution in [3.8, 4) is 0 Å². The average Bonchev–Trinajstić information content (AvgIpc) is 2.77. The number of nitrogens with one attached hydrogen (secondary N) is 1. The molecule has 1 aromatic rings. The van der Waals surface area contributed by atoms with Gasteiger partial charge in [0.2, 0.25) is 10.0 Å². The summed E-state index contributed by atoms with van der Waals surface area (Å²) in [6.07, 6.45) is -0.998. The molecule has 0 bridgehead atoms. The highest BCUT2D eigenvalue weighted by Gasteiger charge is 2.48. The number of carbonyl (C=O) groups excluding carboxylic acids is 1. The molecule has 1 aliphatic heterocycles. The van der Waals surface area contributed by atoms with Crippen LogP contribution in [0.1, 0.15) is 19.4 Å². The van der Waals surface area contributed by atoms with E-state index < -0.39 is 52.1 Å². The van der Waals surface area contributed by atoms with Crippen molar-refractivity contribution < 1.29 is 27.1 Å². The predicted octanol–water partition coefficient (Wildman–Crippen LogP) is 1.26. The van der Waals surface area contributed by atoms with E-state index in [1.54, 1.807) is 0 Å². The summed E-state index contributed by atoms with van der Waals surface area (Å²) in [4.78, 5) is 13.5. The van der Waals surface area contributed by atoms with Gasteiger partial charge in [-0.3, -0.25) is 4.79 Å². The molecular weight excluding hydrogens is 390 g/mol. The summed E-state index contributed by atoms with van der Waals surface area (Å²) >= 11 is 5.76. The van der Waals surface area contributed by atoms with Gasteiger partial charge in [0.05, 0.1) is 29.9 Å². The Hall–Kier alpha value is -1.29. The van der Waals surface area contributed by atoms with Crippen molar-refractivity contribution in [2.45, 2.75) is 44.1 Å². The normalized spacial score (nSPS) is 24.1. The second-order valence-corrected chi connectivity index (χ2v) is 9.12. The number of hydrogen-bond donors (Lipinski definition) is 2. The summed E-state index contributed by atoms with van der Waals surface area (Å²) in [5.74, 6) is -1.49.